The predicted octanol–water partition coefficient (Wildman–Crippen LogP) is 5.24. The summed E-state index contributed by atoms with van der Waals surface area (Å²) >= 11 is 6.49. The van der Waals surface area contributed by atoms with E-state index in [4.69, 9.17) is 21.8 Å². The van der Waals surface area contributed by atoms with Gasteiger partial charge in [0, 0.05) is 29.8 Å². The zero-order valence-corrected chi connectivity index (χ0v) is 20.5. The maximum absolute atomic E-state index is 13.5. The lowest BCUT2D eigenvalue weighted by Gasteiger charge is -2.15. The van der Waals surface area contributed by atoms with Crippen molar-refractivity contribution in [2.75, 3.05) is 18.8 Å². The number of furan rings is 1. The van der Waals surface area contributed by atoms with Crippen LogP contribution in [0.25, 0.3) is 28.2 Å². The third-order valence-corrected chi connectivity index (χ3v) is 6.46. The van der Waals surface area contributed by atoms with Gasteiger partial charge in [0.1, 0.15) is 17.7 Å². The fraction of sp³-hybridized carbons (Fsp3) is 0.179. The molecule has 5 rings (SSSR count). The molecule has 0 spiro atoms. The number of fused-ring (bicyclic) bond motifs is 1. The van der Waals surface area contributed by atoms with Gasteiger partial charge in [-0.2, -0.15) is 0 Å². The SMILES string of the molecule is Nc1ccc(C=CC(=O)NCc2cc3cc(-c4ccc(C(=O)N5CC[C@@H](F)C5)cc4)cc(Cl)c3o2)cn1. The Labute approximate surface area is 217 Å². The summed E-state index contributed by atoms with van der Waals surface area (Å²) in [6, 6.07) is 16.2. The number of anilines is 1. The maximum atomic E-state index is 13.5. The molecule has 1 atom stereocenters. The number of carbonyl (C=O) groups is 2. The van der Waals surface area contributed by atoms with Gasteiger partial charge in [0.25, 0.3) is 5.91 Å². The lowest BCUT2D eigenvalue weighted by Crippen LogP contribution is -2.28. The molecule has 7 nitrogen and oxygen atoms in total. The van der Waals surface area contributed by atoms with Crippen molar-refractivity contribution in [1.82, 2.24) is 15.2 Å². The minimum absolute atomic E-state index is 0.145. The highest BCUT2D eigenvalue weighted by molar-refractivity contribution is 6.35. The number of aromatic nitrogens is 1. The number of nitrogens with two attached hydrogens (primary N) is 1. The number of likely N-dealkylation sites (tertiary alicyclic amines) is 1. The summed E-state index contributed by atoms with van der Waals surface area (Å²) in [5.74, 6) is 0.523. The average Bonchev–Trinajstić information content (AvgIpc) is 3.53. The fourth-order valence-corrected chi connectivity index (χ4v) is 4.49. The number of carbonyl (C=O) groups excluding carboxylic acids is 2. The molecule has 0 saturated carbocycles. The second-order valence-corrected chi connectivity index (χ2v) is 9.28. The summed E-state index contributed by atoms with van der Waals surface area (Å²) in [4.78, 5) is 30.3. The van der Waals surface area contributed by atoms with Gasteiger partial charge >= 0.3 is 0 Å². The second kappa shape index (κ2) is 10.4. The van der Waals surface area contributed by atoms with Crippen LogP contribution in [-0.2, 0) is 11.3 Å². The van der Waals surface area contributed by atoms with Gasteiger partial charge in [0.05, 0.1) is 18.1 Å². The van der Waals surface area contributed by atoms with Crippen LogP contribution < -0.4 is 11.1 Å². The smallest absolute Gasteiger partial charge is 0.253 e. The van der Waals surface area contributed by atoms with E-state index in [0.717, 1.165) is 22.1 Å². The molecular weight excluding hydrogens is 495 g/mol. The van der Waals surface area contributed by atoms with Gasteiger partial charge < -0.3 is 20.4 Å². The van der Waals surface area contributed by atoms with Gasteiger partial charge in [-0.3, -0.25) is 9.59 Å². The van der Waals surface area contributed by atoms with Crippen LogP contribution in [0.1, 0.15) is 28.1 Å². The summed E-state index contributed by atoms with van der Waals surface area (Å²) < 4.78 is 19.3. The van der Waals surface area contributed by atoms with Crippen LogP contribution in [0, 0.1) is 0 Å². The van der Waals surface area contributed by atoms with Gasteiger partial charge in [-0.15, -0.1) is 0 Å². The first-order valence-corrected chi connectivity index (χ1v) is 12.2. The predicted molar refractivity (Wildman–Crippen MR) is 142 cm³/mol. The number of benzene rings is 2. The summed E-state index contributed by atoms with van der Waals surface area (Å²) in [5, 5.41) is 4.01. The fourth-order valence-electron chi connectivity index (χ4n) is 4.23. The Balaban J connectivity index is 1.26. The molecule has 1 aliphatic rings. The number of nitrogens with zero attached hydrogens (tertiary/aromatic N) is 2. The first-order chi connectivity index (χ1) is 17.9. The number of hydrogen-bond acceptors (Lipinski definition) is 5. The molecule has 1 fully saturated rings. The Morgan fingerprint density at radius 3 is 2.68 bits per heavy atom. The Morgan fingerprint density at radius 1 is 1.16 bits per heavy atom. The van der Waals surface area contributed by atoms with E-state index in [-0.39, 0.29) is 24.9 Å². The number of halogens is 2. The molecule has 3 N–H and O–H groups in total. The molecule has 0 radical (unpaired) electrons. The van der Waals surface area contributed by atoms with Crippen LogP contribution in [0.4, 0.5) is 10.2 Å². The zero-order valence-electron chi connectivity index (χ0n) is 19.8. The summed E-state index contributed by atoms with van der Waals surface area (Å²) in [5.41, 5.74) is 9.11. The van der Waals surface area contributed by atoms with Crippen molar-refractivity contribution >= 4 is 46.3 Å². The van der Waals surface area contributed by atoms with Crippen molar-refractivity contribution in [2.24, 2.45) is 0 Å². The third-order valence-electron chi connectivity index (χ3n) is 6.18. The minimum Gasteiger partial charge on any atom is -0.458 e. The van der Waals surface area contributed by atoms with E-state index >= 15 is 0 Å². The number of alkyl halides is 1. The monoisotopic (exact) mass is 518 g/mol. The van der Waals surface area contributed by atoms with Crippen LogP contribution in [0.3, 0.4) is 0 Å². The van der Waals surface area contributed by atoms with Gasteiger partial charge in [-0.1, -0.05) is 23.7 Å². The molecule has 2 aromatic heterocycles. The molecule has 1 saturated heterocycles. The highest BCUT2D eigenvalue weighted by Crippen LogP contribution is 2.33. The molecule has 0 bridgehead atoms. The minimum atomic E-state index is -0.950. The van der Waals surface area contributed by atoms with Crippen LogP contribution in [0.2, 0.25) is 5.02 Å². The molecule has 9 heteroatoms. The standard InChI is InChI=1S/C28H24ClFN4O3/c29-24-13-20(18-3-5-19(6-4-18)28(36)34-10-9-22(30)16-34)11-21-12-23(37-27(21)24)15-33-26(35)8-2-17-1-7-25(31)32-14-17/h1-8,11-14,22H,9-10,15-16H2,(H2,31,32)(H,33,35)/t22-/m1/s1. The molecule has 2 amide bonds. The van der Waals surface area contributed by atoms with Crippen molar-refractivity contribution in [3.05, 3.63) is 88.8 Å². The lowest BCUT2D eigenvalue weighted by atomic mass is 10.0. The summed E-state index contributed by atoms with van der Waals surface area (Å²) in [6.45, 7) is 0.774. The molecule has 188 valence electrons. The quantitative estimate of drug-likeness (QED) is 0.340. The number of rotatable bonds is 6. The first-order valence-electron chi connectivity index (χ1n) is 11.8. The number of hydrogen-bond donors (Lipinski definition) is 2. The molecular formula is C28H24ClFN4O3. The van der Waals surface area contributed by atoms with E-state index in [2.05, 4.69) is 10.3 Å². The normalized spacial score (nSPS) is 15.5. The molecule has 0 unspecified atom stereocenters. The van der Waals surface area contributed by atoms with E-state index in [9.17, 15) is 14.0 Å². The van der Waals surface area contributed by atoms with E-state index in [1.54, 1.807) is 47.5 Å². The molecule has 3 heterocycles. The van der Waals surface area contributed by atoms with Gasteiger partial charge in [0.15, 0.2) is 5.58 Å². The number of amides is 2. The highest BCUT2D eigenvalue weighted by Gasteiger charge is 2.26. The average molecular weight is 519 g/mol. The number of nitrogens with one attached hydrogen (secondary N) is 1. The van der Waals surface area contributed by atoms with Crippen LogP contribution in [0.15, 0.2) is 71.3 Å². The highest BCUT2D eigenvalue weighted by atomic mass is 35.5. The van der Waals surface area contributed by atoms with Crippen molar-refractivity contribution in [2.45, 2.75) is 19.1 Å². The van der Waals surface area contributed by atoms with E-state index in [1.165, 1.54) is 6.08 Å². The Hall–Kier alpha value is -4.17. The van der Waals surface area contributed by atoms with Crippen LogP contribution in [-0.4, -0.2) is 41.0 Å². The summed E-state index contributed by atoms with van der Waals surface area (Å²) in [7, 11) is 0. The lowest BCUT2D eigenvalue weighted by molar-refractivity contribution is -0.116. The van der Waals surface area contributed by atoms with Gasteiger partial charge in [-0.05, 0) is 71.7 Å². The molecule has 37 heavy (non-hydrogen) atoms. The molecule has 0 aliphatic carbocycles. The van der Waals surface area contributed by atoms with E-state index in [1.807, 2.05) is 24.3 Å². The maximum Gasteiger partial charge on any atom is 0.253 e. The Kier molecular flexibility index (Phi) is 6.92. The largest absolute Gasteiger partial charge is 0.458 e. The third kappa shape index (κ3) is 5.65. The van der Waals surface area contributed by atoms with Crippen LogP contribution >= 0.6 is 11.6 Å². The van der Waals surface area contributed by atoms with Crippen molar-refractivity contribution in [3.8, 4) is 11.1 Å². The number of nitrogen functional groups attached to an aromatic ring is 1. The van der Waals surface area contributed by atoms with Crippen LogP contribution in [0.5, 0.6) is 0 Å². The number of pyridine rings is 1. The van der Waals surface area contributed by atoms with Crippen molar-refractivity contribution < 1.29 is 18.4 Å². The zero-order chi connectivity index (χ0) is 25.9. The molecule has 4 aromatic rings. The Morgan fingerprint density at radius 2 is 1.97 bits per heavy atom. The topological polar surface area (TPSA) is 101 Å². The second-order valence-electron chi connectivity index (χ2n) is 8.87. The first kappa shape index (κ1) is 24.5. The Bertz CT molecular complexity index is 1480. The molecule has 2 aromatic carbocycles. The summed E-state index contributed by atoms with van der Waals surface area (Å²) in [6.07, 6.45) is 4.07. The van der Waals surface area contributed by atoms with E-state index < -0.39 is 6.17 Å². The van der Waals surface area contributed by atoms with Gasteiger partial charge in [0.2, 0.25) is 5.91 Å². The van der Waals surface area contributed by atoms with Crippen molar-refractivity contribution in [1.29, 1.82) is 0 Å². The molecule has 1 aliphatic heterocycles. The van der Waals surface area contributed by atoms with Gasteiger partial charge in [-0.25, -0.2) is 9.37 Å². The van der Waals surface area contributed by atoms with E-state index in [0.29, 0.717) is 40.7 Å². The van der Waals surface area contributed by atoms with Crippen molar-refractivity contribution in [3.63, 3.8) is 0 Å².